The second kappa shape index (κ2) is 5.03. The van der Waals surface area contributed by atoms with E-state index in [1.165, 1.54) is 7.11 Å². The van der Waals surface area contributed by atoms with Crippen molar-refractivity contribution in [1.29, 1.82) is 0 Å². The molecule has 0 bridgehead atoms. The van der Waals surface area contributed by atoms with Crippen LogP contribution in [0.25, 0.3) is 0 Å². The Bertz CT molecular complexity index is 49.7. The number of hydroxylamine groups is 2. The molecule has 0 aromatic heterocycles. The summed E-state index contributed by atoms with van der Waals surface area (Å²) in [5.41, 5.74) is 0. The molecule has 3 heteroatoms. The van der Waals surface area contributed by atoms with Gasteiger partial charge in [-0.05, 0) is 6.42 Å². The van der Waals surface area contributed by atoms with Crippen LogP contribution >= 0.6 is 0 Å². The maximum Gasteiger partial charge on any atom is 0.107 e. The summed E-state index contributed by atoms with van der Waals surface area (Å²) in [6, 6.07) is 0. The highest BCUT2D eigenvalue weighted by atomic mass is 16.9. The molecular weight excluding hydrogens is 106 g/mol. The molecule has 0 aromatic rings. The summed E-state index contributed by atoms with van der Waals surface area (Å²) in [6.45, 7) is 2.61. The quantitative estimate of drug-likeness (QED) is 0.517. The first-order valence-corrected chi connectivity index (χ1v) is 2.88. The molecule has 0 aliphatic rings. The molecule has 1 unspecified atom stereocenters. The van der Waals surface area contributed by atoms with Crippen LogP contribution in [0, 0.1) is 5.21 Å². The van der Waals surface area contributed by atoms with Crippen molar-refractivity contribution in [1.82, 2.24) is 0 Å². The predicted octanol–water partition coefficient (Wildman–Crippen LogP) is -0.269. The molecule has 1 N–H and O–H groups in total. The van der Waals surface area contributed by atoms with Crippen molar-refractivity contribution >= 4 is 0 Å². The summed E-state index contributed by atoms with van der Waals surface area (Å²) in [7, 11) is 1.41. The zero-order valence-corrected chi connectivity index (χ0v) is 5.44. The second-order valence-corrected chi connectivity index (χ2v) is 1.68. The third-order valence-electron chi connectivity index (χ3n) is 0.962. The average molecular weight is 119 g/mol. The number of hydrogen-bond donors (Lipinski definition) is 1. The van der Waals surface area contributed by atoms with Crippen molar-refractivity contribution < 1.29 is 10.1 Å². The highest BCUT2D eigenvalue weighted by molar-refractivity contribution is 4.25. The van der Waals surface area contributed by atoms with Gasteiger partial charge >= 0.3 is 0 Å². The number of hydrogen-bond acceptors (Lipinski definition) is 2. The van der Waals surface area contributed by atoms with Gasteiger partial charge in [-0.25, -0.2) is 10.1 Å². The molecule has 3 nitrogen and oxygen atoms in total. The van der Waals surface area contributed by atoms with Crippen molar-refractivity contribution in [3.63, 3.8) is 0 Å². The molecule has 50 valence electrons. The summed E-state index contributed by atoms with van der Waals surface area (Å²) < 4.78 is 0. The van der Waals surface area contributed by atoms with Crippen molar-refractivity contribution in [3.8, 4) is 0 Å². The van der Waals surface area contributed by atoms with Gasteiger partial charge in [-0.15, -0.1) is 0 Å². The van der Waals surface area contributed by atoms with Crippen molar-refractivity contribution in [3.05, 3.63) is 5.21 Å². The molecule has 0 heterocycles. The van der Waals surface area contributed by atoms with Gasteiger partial charge in [0.15, 0.2) is 0 Å². The molecule has 0 rings (SSSR count). The van der Waals surface area contributed by atoms with Gasteiger partial charge in [-0.2, -0.15) is 0 Å². The molecular formula is C5H13NO2. The highest BCUT2D eigenvalue weighted by Gasteiger charge is 1.89. The molecule has 0 saturated heterocycles. The minimum atomic E-state index is -0.105. The lowest BCUT2D eigenvalue weighted by Crippen LogP contribution is -3.05. The van der Waals surface area contributed by atoms with E-state index in [1.54, 1.807) is 0 Å². The van der Waals surface area contributed by atoms with Gasteiger partial charge < -0.3 is 5.21 Å². The first-order chi connectivity index (χ1) is 3.81. The smallest absolute Gasteiger partial charge is 0.107 e. The SMILES string of the molecule is CCCC[NH+]([O-])OC. The minimum Gasteiger partial charge on any atom is -0.600 e. The van der Waals surface area contributed by atoms with E-state index in [0.717, 1.165) is 12.8 Å². The second-order valence-electron chi connectivity index (χ2n) is 1.68. The van der Waals surface area contributed by atoms with Gasteiger partial charge in [-0.1, -0.05) is 13.3 Å². The first-order valence-electron chi connectivity index (χ1n) is 2.88. The number of quaternary nitrogens is 1. The zero-order chi connectivity index (χ0) is 6.41. The summed E-state index contributed by atoms with van der Waals surface area (Å²) in [5.74, 6) is 0. The number of unbranched alkanes of at least 4 members (excludes halogenated alkanes) is 1. The largest absolute Gasteiger partial charge is 0.600 e. The van der Waals surface area contributed by atoms with Crippen LogP contribution in [-0.2, 0) is 4.84 Å². The lowest BCUT2D eigenvalue weighted by molar-refractivity contribution is -1.05. The Labute approximate surface area is 49.8 Å². The molecule has 0 fully saturated rings. The van der Waals surface area contributed by atoms with Gasteiger partial charge in [0.1, 0.15) is 6.54 Å². The van der Waals surface area contributed by atoms with Crippen LogP contribution in [0.1, 0.15) is 19.8 Å². The molecule has 0 radical (unpaired) electrons. The van der Waals surface area contributed by atoms with Gasteiger partial charge in [0.25, 0.3) is 0 Å². The molecule has 8 heavy (non-hydrogen) atoms. The van der Waals surface area contributed by atoms with Gasteiger partial charge in [0.2, 0.25) is 0 Å². The summed E-state index contributed by atoms with van der Waals surface area (Å²) in [4.78, 5) is 4.41. The third kappa shape index (κ3) is 4.05. The van der Waals surface area contributed by atoms with Gasteiger partial charge in [0, 0.05) is 0 Å². The first kappa shape index (κ1) is 7.88. The Balaban J connectivity index is 2.86. The Hall–Kier alpha value is -0.120. The highest BCUT2D eigenvalue weighted by Crippen LogP contribution is 1.77. The van der Waals surface area contributed by atoms with E-state index >= 15 is 0 Å². The van der Waals surface area contributed by atoms with Crippen LogP contribution in [0.4, 0.5) is 0 Å². The van der Waals surface area contributed by atoms with Gasteiger partial charge in [0.05, 0.1) is 7.11 Å². The Kier molecular flexibility index (Phi) is 4.95. The molecule has 0 aliphatic heterocycles. The standard InChI is InChI=1S/C5H13NO2/c1-3-4-5-6(7)8-2/h6H,3-5H2,1-2H3. The fourth-order valence-electron chi connectivity index (χ4n) is 0.423. The van der Waals surface area contributed by atoms with Crippen molar-refractivity contribution in [2.75, 3.05) is 13.7 Å². The minimum absolute atomic E-state index is 0.105. The topological polar surface area (TPSA) is 36.7 Å². The van der Waals surface area contributed by atoms with E-state index in [1.807, 2.05) is 6.92 Å². The predicted molar refractivity (Wildman–Crippen MR) is 31.1 cm³/mol. The van der Waals surface area contributed by atoms with Crippen LogP contribution in [-0.4, -0.2) is 13.7 Å². The average Bonchev–Trinajstić information content (AvgIpc) is 1.83. The van der Waals surface area contributed by atoms with E-state index in [-0.39, 0.29) is 5.23 Å². The number of nitrogens with one attached hydrogen (secondary N) is 1. The van der Waals surface area contributed by atoms with Crippen LogP contribution in [0.5, 0.6) is 0 Å². The van der Waals surface area contributed by atoms with E-state index in [0.29, 0.717) is 6.54 Å². The van der Waals surface area contributed by atoms with Crippen molar-refractivity contribution in [2.24, 2.45) is 0 Å². The zero-order valence-electron chi connectivity index (χ0n) is 5.44. The van der Waals surface area contributed by atoms with E-state index in [9.17, 15) is 5.21 Å². The fourth-order valence-corrected chi connectivity index (χ4v) is 0.423. The lowest BCUT2D eigenvalue weighted by atomic mass is 10.3. The fraction of sp³-hybridized carbons (Fsp3) is 1.00. The molecule has 0 amide bonds. The van der Waals surface area contributed by atoms with Crippen LogP contribution in [0.2, 0.25) is 0 Å². The van der Waals surface area contributed by atoms with Crippen LogP contribution in [0.15, 0.2) is 0 Å². The monoisotopic (exact) mass is 119 g/mol. The van der Waals surface area contributed by atoms with Gasteiger partial charge in [-0.3, -0.25) is 0 Å². The van der Waals surface area contributed by atoms with E-state index in [4.69, 9.17) is 0 Å². The summed E-state index contributed by atoms with van der Waals surface area (Å²) >= 11 is 0. The molecule has 0 aliphatic carbocycles. The van der Waals surface area contributed by atoms with E-state index in [2.05, 4.69) is 4.84 Å². The third-order valence-corrected chi connectivity index (χ3v) is 0.962. The lowest BCUT2D eigenvalue weighted by Gasteiger charge is -2.15. The Morgan fingerprint density at radius 3 is 2.62 bits per heavy atom. The normalized spacial score (nSPS) is 13.9. The maximum absolute atomic E-state index is 10.3. The number of rotatable bonds is 4. The van der Waals surface area contributed by atoms with E-state index < -0.39 is 0 Å². The molecule has 0 saturated carbocycles. The summed E-state index contributed by atoms with van der Waals surface area (Å²) in [5, 5.41) is 10.2. The summed E-state index contributed by atoms with van der Waals surface area (Å²) in [6.07, 6.45) is 1.99. The molecule has 1 atom stereocenters. The Morgan fingerprint density at radius 2 is 2.25 bits per heavy atom. The van der Waals surface area contributed by atoms with Crippen LogP contribution in [0.3, 0.4) is 0 Å². The maximum atomic E-state index is 10.3. The van der Waals surface area contributed by atoms with Crippen LogP contribution < -0.4 is 5.23 Å². The molecule has 0 spiro atoms. The Morgan fingerprint density at radius 1 is 1.62 bits per heavy atom. The van der Waals surface area contributed by atoms with Crippen molar-refractivity contribution in [2.45, 2.75) is 19.8 Å². The molecule has 0 aromatic carbocycles.